The summed E-state index contributed by atoms with van der Waals surface area (Å²) in [7, 11) is 1.67. The summed E-state index contributed by atoms with van der Waals surface area (Å²) in [5.74, 6) is 0.853. The molecule has 0 bridgehead atoms. The van der Waals surface area contributed by atoms with Crippen molar-refractivity contribution in [2.45, 2.75) is 6.54 Å². The average Bonchev–Trinajstić information content (AvgIpc) is 2.53. The van der Waals surface area contributed by atoms with Gasteiger partial charge in [0, 0.05) is 36.1 Å². The molecular weight excluding hydrogens is 248 g/mol. The van der Waals surface area contributed by atoms with E-state index in [0.717, 1.165) is 23.4 Å². The van der Waals surface area contributed by atoms with E-state index >= 15 is 0 Å². The minimum atomic E-state index is 0.738. The molecule has 0 atom stereocenters. The quantitative estimate of drug-likeness (QED) is 0.777. The molecule has 2 aromatic carbocycles. The van der Waals surface area contributed by atoms with Gasteiger partial charge in [-0.15, -0.1) is 0 Å². The standard InChI is InChI=1S/C17H16N2O/c1-20-16-7-4-6-15(9-16)19-12-14-11-18-10-13-5-2-3-8-17(13)14/h2-11,19H,12H2,1H3. The van der Waals surface area contributed by atoms with Crippen molar-refractivity contribution >= 4 is 16.5 Å². The molecular formula is C17H16N2O. The Morgan fingerprint density at radius 3 is 2.85 bits per heavy atom. The Bertz CT molecular complexity index is 720. The van der Waals surface area contributed by atoms with E-state index in [0.29, 0.717) is 0 Å². The Hall–Kier alpha value is -2.55. The van der Waals surface area contributed by atoms with Crippen LogP contribution in [0, 0.1) is 0 Å². The first-order valence-electron chi connectivity index (χ1n) is 6.56. The smallest absolute Gasteiger partial charge is 0.120 e. The van der Waals surface area contributed by atoms with Crippen LogP contribution < -0.4 is 10.1 Å². The zero-order valence-electron chi connectivity index (χ0n) is 11.3. The average molecular weight is 264 g/mol. The third-order valence-electron chi connectivity index (χ3n) is 3.30. The molecule has 0 fully saturated rings. The van der Waals surface area contributed by atoms with E-state index in [2.05, 4.69) is 28.5 Å². The maximum Gasteiger partial charge on any atom is 0.120 e. The van der Waals surface area contributed by atoms with Gasteiger partial charge < -0.3 is 10.1 Å². The highest BCUT2D eigenvalue weighted by Crippen LogP contribution is 2.20. The SMILES string of the molecule is COc1cccc(NCc2cncc3ccccc23)c1. The fourth-order valence-electron chi connectivity index (χ4n) is 2.25. The predicted octanol–water partition coefficient (Wildman–Crippen LogP) is 3.86. The Kier molecular flexibility index (Phi) is 3.50. The normalized spacial score (nSPS) is 10.4. The Labute approximate surface area is 118 Å². The van der Waals surface area contributed by atoms with Crippen molar-refractivity contribution < 1.29 is 4.74 Å². The number of aromatic nitrogens is 1. The molecule has 3 heteroatoms. The van der Waals surface area contributed by atoms with Gasteiger partial charge >= 0.3 is 0 Å². The summed E-state index contributed by atoms with van der Waals surface area (Å²) in [6.45, 7) is 0.738. The summed E-state index contributed by atoms with van der Waals surface area (Å²) in [4.78, 5) is 4.29. The van der Waals surface area contributed by atoms with E-state index in [4.69, 9.17) is 4.74 Å². The van der Waals surface area contributed by atoms with E-state index in [1.54, 1.807) is 7.11 Å². The number of ether oxygens (including phenoxy) is 1. The van der Waals surface area contributed by atoms with Crippen molar-refractivity contribution in [3.05, 3.63) is 66.5 Å². The van der Waals surface area contributed by atoms with Gasteiger partial charge in [-0.2, -0.15) is 0 Å². The third-order valence-corrected chi connectivity index (χ3v) is 3.30. The number of benzene rings is 2. The fourth-order valence-corrected chi connectivity index (χ4v) is 2.25. The lowest BCUT2D eigenvalue weighted by Crippen LogP contribution is -2.00. The molecule has 1 aromatic heterocycles. The van der Waals surface area contributed by atoms with Crippen molar-refractivity contribution in [1.82, 2.24) is 4.98 Å². The van der Waals surface area contributed by atoms with Gasteiger partial charge in [0.05, 0.1) is 7.11 Å². The predicted molar refractivity (Wildman–Crippen MR) is 82.1 cm³/mol. The second-order valence-corrected chi connectivity index (χ2v) is 4.61. The molecule has 0 aliphatic heterocycles. The van der Waals surface area contributed by atoms with Gasteiger partial charge in [0.15, 0.2) is 0 Å². The molecule has 0 amide bonds. The molecule has 0 aliphatic rings. The van der Waals surface area contributed by atoms with E-state index < -0.39 is 0 Å². The van der Waals surface area contributed by atoms with Crippen LogP contribution in [-0.4, -0.2) is 12.1 Å². The molecule has 1 heterocycles. The molecule has 0 aliphatic carbocycles. The van der Waals surface area contributed by atoms with Crippen LogP contribution in [0.5, 0.6) is 5.75 Å². The molecule has 0 spiro atoms. The number of methoxy groups -OCH3 is 1. The highest BCUT2D eigenvalue weighted by Gasteiger charge is 2.01. The minimum Gasteiger partial charge on any atom is -0.497 e. The van der Waals surface area contributed by atoms with Crippen LogP contribution >= 0.6 is 0 Å². The zero-order chi connectivity index (χ0) is 13.8. The largest absolute Gasteiger partial charge is 0.497 e. The number of hydrogen-bond acceptors (Lipinski definition) is 3. The Morgan fingerprint density at radius 1 is 1.05 bits per heavy atom. The van der Waals surface area contributed by atoms with Crippen LogP contribution in [0.15, 0.2) is 60.9 Å². The van der Waals surface area contributed by atoms with Crippen molar-refractivity contribution in [3.63, 3.8) is 0 Å². The number of hydrogen-bond donors (Lipinski definition) is 1. The topological polar surface area (TPSA) is 34.1 Å². The van der Waals surface area contributed by atoms with Gasteiger partial charge in [0.2, 0.25) is 0 Å². The van der Waals surface area contributed by atoms with E-state index in [9.17, 15) is 0 Å². The van der Waals surface area contributed by atoms with Gasteiger partial charge in [-0.05, 0) is 23.1 Å². The number of fused-ring (bicyclic) bond motifs is 1. The Balaban J connectivity index is 1.83. The second-order valence-electron chi connectivity index (χ2n) is 4.61. The van der Waals surface area contributed by atoms with Gasteiger partial charge in [0.1, 0.15) is 5.75 Å². The summed E-state index contributed by atoms with van der Waals surface area (Å²) in [6, 6.07) is 16.2. The van der Waals surface area contributed by atoms with Gasteiger partial charge in [-0.25, -0.2) is 0 Å². The van der Waals surface area contributed by atoms with Crippen LogP contribution in [0.4, 0.5) is 5.69 Å². The van der Waals surface area contributed by atoms with Crippen LogP contribution in [0.1, 0.15) is 5.56 Å². The number of rotatable bonds is 4. The monoisotopic (exact) mass is 264 g/mol. The van der Waals surface area contributed by atoms with Gasteiger partial charge in [0.25, 0.3) is 0 Å². The summed E-state index contributed by atoms with van der Waals surface area (Å²) < 4.78 is 5.22. The number of anilines is 1. The molecule has 3 aromatic rings. The van der Waals surface area contributed by atoms with E-state index in [1.165, 1.54) is 10.9 Å². The van der Waals surface area contributed by atoms with Crippen molar-refractivity contribution in [3.8, 4) is 5.75 Å². The molecule has 100 valence electrons. The number of nitrogens with zero attached hydrogens (tertiary/aromatic N) is 1. The van der Waals surface area contributed by atoms with E-state index in [-0.39, 0.29) is 0 Å². The molecule has 1 N–H and O–H groups in total. The molecule has 20 heavy (non-hydrogen) atoms. The summed E-state index contributed by atoms with van der Waals surface area (Å²) >= 11 is 0. The molecule has 0 unspecified atom stereocenters. The first-order chi connectivity index (χ1) is 9.86. The van der Waals surface area contributed by atoms with Crippen LogP contribution in [0.2, 0.25) is 0 Å². The number of nitrogens with one attached hydrogen (secondary N) is 1. The first kappa shape index (κ1) is 12.5. The zero-order valence-corrected chi connectivity index (χ0v) is 11.3. The van der Waals surface area contributed by atoms with Crippen LogP contribution in [0.3, 0.4) is 0 Å². The van der Waals surface area contributed by atoms with Crippen LogP contribution in [-0.2, 0) is 6.54 Å². The van der Waals surface area contributed by atoms with Crippen molar-refractivity contribution in [1.29, 1.82) is 0 Å². The van der Waals surface area contributed by atoms with Crippen molar-refractivity contribution in [2.24, 2.45) is 0 Å². The first-order valence-corrected chi connectivity index (χ1v) is 6.56. The lowest BCUT2D eigenvalue weighted by Gasteiger charge is -2.10. The molecule has 0 saturated carbocycles. The maximum atomic E-state index is 5.22. The lowest BCUT2D eigenvalue weighted by atomic mass is 10.1. The molecule has 0 saturated heterocycles. The second kappa shape index (κ2) is 5.61. The minimum absolute atomic E-state index is 0.738. The third kappa shape index (κ3) is 2.57. The summed E-state index contributed by atoms with van der Waals surface area (Å²) in [5.41, 5.74) is 2.23. The Morgan fingerprint density at radius 2 is 1.95 bits per heavy atom. The molecule has 0 radical (unpaired) electrons. The van der Waals surface area contributed by atoms with Gasteiger partial charge in [-0.3, -0.25) is 4.98 Å². The summed E-state index contributed by atoms with van der Waals surface area (Å²) in [6.07, 6.45) is 3.81. The highest BCUT2D eigenvalue weighted by molar-refractivity contribution is 5.84. The molecule has 3 nitrogen and oxygen atoms in total. The highest BCUT2D eigenvalue weighted by atomic mass is 16.5. The fraction of sp³-hybridized carbons (Fsp3) is 0.118. The van der Waals surface area contributed by atoms with E-state index in [1.807, 2.05) is 42.7 Å². The van der Waals surface area contributed by atoms with Gasteiger partial charge in [-0.1, -0.05) is 30.3 Å². The number of pyridine rings is 1. The lowest BCUT2D eigenvalue weighted by molar-refractivity contribution is 0.415. The maximum absolute atomic E-state index is 5.22. The summed E-state index contributed by atoms with van der Waals surface area (Å²) in [5, 5.41) is 5.81. The van der Waals surface area contributed by atoms with Crippen LogP contribution in [0.25, 0.3) is 10.8 Å². The molecule has 3 rings (SSSR count). The van der Waals surface area contributed by atoms with Crippen molar-refractivity contribution in [2.75, 3.05) is 12.4 Å².